The van der Waals surface area contributed by atoms with Crippen molar-refractivity contribution in [3.05, 3.63) is 115 Å². The van der Waals surface area contributed by atoms with Crippen LogP contribution in [0.1, 0.15) is 135 Å². The quantitative estimate of drug-likeness (QED) is 0.0410. The molecule has 7 fully saturated rings. The van der Waals surface area contributed by atoms with Gasteiger partial charge < -0.3 is 62.7 Å². The summed E-state index contributed by atoms with van der Waals surface area (Å²) in [5.41, 5.74) is 12.4. The van der Waals surface area contributed by atoms with Crippen molar-refractivity contribution in [3.63, 3.8) is 0 Å². The predicted molar refractivity (Wildman–Crippen MR) is 312 cm³/mol. The Morgan fingerprint density at radius 1 is 0.637 bits per heavy atom. The van der Waals surface area contributed by atoms with Crippen LogP contribution in [0, 0.1) is 25.2 Å². The molecule has 0 radical (unpaired) electrons. The third-order valence-corrected chi connectivity index (χ3v) is 16.2. The summed E-state index contributed by atoms with van der Waals surface area (Å²) in [6.45, 7) is 8.06. The molecular formula is C58H87BrClN10O9Pd-. The van der Waals surface area contributed by atoms with Crippen molar-refractivity contribution in [3.8, 4) is 0 Å². The zero-order valence-corrected chi connectivity index (χ0v) is 50.8. The van der Waals surface area contributed by atoms with E-state index in [2.05, 4.69) is 53.6 Å². The number of hydrogen-bond donors (Lipinski definition) is 5. The van der Waals surface area contributed by atoms with Crippen LogP contribution in [-0.4, -0.2) is 108 Å². The number of ether oxygens (including phenoxy) is 4. The summed E-state index contributed by atoms with van der Waals surface area (Å²) in [5.74, 6) is 1.81. The van der Waals surface area contributed by atoms with Gasteiger partial charge in [-0.2, -0.15) is 0 Å². The van der Waals surface area contributed by atoms with Crippen LogP contribution in [0.4, 0.5) is 11.6 Å². The Bertz CT molecular complexity index is 2640. The number of nitrogens with two attached hydrogens (primary N) is 2. The van der Waals surface area contributed by atoms with Gasteiger partial charge in [0.25, 0.3) is 16.7 Å². The van der Waals surface area contributed by atoms with Crippen molar-refractivity contribution in [2.45, 2.75) is 204 Å². The molecule has 3 aromatic heterocycles. The van der Waals surface area contributed by atoms with E-state index >= 15 is 0 Å². The van der Waals surface area contributed by atoms with Gasteiger partial charge in [0.1, 0.15) is 11.7 Å². The smallest absolute Gasteiger partial charge is 0.323 e. The molecule has 7 saturated carbocycles. The first kappa shape index (κ1) is 66.9. The van der Waals surface area contributed by atoms with E-state index in [9.17, 15) is 19.2 Å². The fourth-order valence-corrected chi connectivity index (χ4v) is 10.5. The van der Waals surface area contributed by atoms with E-state index in [1.165, 1.54) is 69.5 Å². The molecule has 4 aromatic rings. The summed E-state index contributed by atoms with van der Waals surface area (Å²) in [7, 11) is 0. The minimum atomic E-state index is -1.13. The minimum Gasteiger partial charge on any atom is -0.480 e. The number of nitrogens with zero attached hydrogens (tertiary/aromatic N) is 6. The third kappa shape index (κ3) is 22.0. The molecule has 0 aliphatic heterocycles. The van der Waals surface area contributed by atoms with Crippen LogP contribution in [0.3, 0.4) is 0 Å². The standard InChI is InChI=1S/C15H20ClN3O4.C15H23N3O2.C12H17NO.C9H17NO.C6H7BrN2O.CH3.Pd/c16-12-6-17-14(15(22)19(12)7-13(20)21)18-10-2-1-3-11(10)23-8-9-4-5-9;1-2-18-9-8-16-14(15(18)19)17-12-4-3-5-13(12)20-10-11-6-7-11;13-11-7-4-8-12(11)14-9-10-5-2-1-3-6-10;10-8-2-1-3-9(8)11-6-7-4-5-7;1-2-9-4-3-8-5(7)6(9)10;;/h6,9-11H,1-5,7-8H2,(H,17,18)(H,20,21);8-9,11-13H,2-7,10H2,1H3,(H,16,17);1-3,5-6,11-12H,4,7-9,13H2;7-9H,1-6,10H2;3-4H,2H2,1H3;1H3;/q;;;;;-1;/t10-,11-;12-,13-;11-,12-;8-,9-;;;/m0000.../s1. The molecule has 7 aliphatic carbocycles. The van der Waals surface area contributed by atoms with Gasteiger partial charge in [-0.3, -0.25) is 23.7 Å². The van der Waals surface area contributed by atoms with Crippen LogP contribution in [0.15, 0.2) is 80.3 Å². The van der Waals surface area contributed by atoms with Gasteiger partial charge in [0.05, 0.1) is 49.3 Å². The molecule has 1 aromatic carbocycles. The predicted octanol–water partition coefficient (Wildman–Crippen LogP) is 8.61. The number of hydrogen-bond acceptors (Lipinski definition) is 15. The monoisotopic (exact) mass is 1290 g/mol. The van der Waals surface area contributed by atoms with Gasteiger partial charge in [-0.05, 0) is 169 Å². The van der Waals surface area contributed by atoms with Crippen molar-refractivity contribution in [2.75, 3.05) is 30.5 Å². The molecule has 0 bridgehead atoms. The van der Waals surface area contributed by atoms with Gasteiger partial charge in [-0.25, -0.2) is 15.0 Å². The largest absolute Gasteiger partial charge is 0.480 e. The molecule has 448 valence electrons. The average Bonchev–Trinajstić information content (AvgIpc) is 4.42. The first-order valence-corrected chi connectivity index (χ1v) is 29.7. The minimum absolute atomic E-state index is 0. The maximum Gasteiger partial charge on any atom is 0.323 e. The Morgan fingerprint density at radius 3 is 1.55 bits per heavy atom. The number of aryl methyl sites for hydroxylation is 2. The van der Waals surface area contributed by atoms with Gasteiger partial charge in [0.2, 0.25) is 0 Å². The molecule has 0 spiro atoms. The summed E-state index contributed by atoms with van der Waals surface area (Å²) in [5, 5.41) is 15.3. The van der Waals surface area contributed by atoms with E-state index in [4.69, 9.17) is 47.1 Å². The van der Waals surface area contributed by atoms with Crippen molar-refractivity contribution < 1.29 is 49.3 Å². The number of halogens is 2. The zero-order chi connectivity index (χ0) is 55.4. The molecule has 0 unspecified atom stereocenters. The Balaban J connectivity index is 0.000000189. The van der Waals surface area contributed by atoms with Gasteiger partial charge >= 0.3 is 5.97 Å². The molecule has 7 N–H and O–H groups in total. The second kappa shape index (κ2) is 34.7. The summed E-state index contributed by atoms with van der Waals surface area (Å²) in [6, 6.07) is 11.1. The third-order valence-electron chi connectivity index (χ3n) is 15.4. The SMILES string of the molecule is CCn1ccnc(Br)c1=O.CCn1ccnc(N[C@H]2CCC[C@@H]2OCC2CC2)c1=O.N[C@H]1CCC[C@@H]1OCC1CC1.N[C@H]1CCC[C@@H]1OCc1ccccc1.O=C(O)Cn1c(Cl)cnc(N[C@H]2CCC[C@@H]2OCC2CC2)c1=O.[CH3-].[Pd]. The van der Waals surface area contributed by atoms with Crippen LogP contribution in [0.2, 0.25) is 5.15 Å². The molecule has 7 aliphatic rings. The normalized spacial score (nSPS) is 24.4. The maximum absolute atomic E-state index is 12.3. The van der Waals surface area contributed by atoms with E-state index < -0.39 is 18.1 Å². The van der Waals surface area contributed by atoms with Crippen LogP contribution < -0.4 is 38.8 Å². The number of aliphatic carboxylic acids is 1. The molecule has 0 amide bonds. The summed E-state index contributed by atoms with van der Waals surface area (Å²) < 4.78 is 28.1. The molecule has 80 heavy (non-hydrogen) atoms. The maximum atomic E-state index is 12.3. The fourth-order valence-electron chi connectivity index (χ4n) is 9.98. The Hall–Kier alpha value is -3.88. The second-order valence-corrected chi connectivity index (χ2v) is 22.9. The summed E-state index contributed by atoms with van der Waals surface area (Å²) in [4.78, 5) is 58.4. The van der Waals surface area contributed by atoms with Crippen LogP contribution in [0.5, 0.6) is 0 Å². The Kier molecular flexibility index (Phi) is 29.0. The molecule has 19 nitrogen and oxygen atoms in total. The average molecular weight is 1290 g/mol. The first-order valence-electron chi connectivity index (χ1n) is 28.6. The Morgan fingerprint density at radius 2 is 1.09 bits per heavy atom. The number of carboxylic acid groups (broad SMARTS) is 1. The fraction of sp³-hybridized carbons (Fsp3) is 0.655. The molecule has 11 rings (SSSR count). The van der Waals surface area contributed by atoms with Gasteiger partial charge in [0.15, 0.2) is 16.2 Å². The molecular weight excluding hydrogens is 1200 g/mol. The molecule has 22 heteroatoms. The van der Waals surface area contributed by atoms with Gasteiger partial charge in [-0.15, -0.1) is 0 Å². The van der Waals surface area contributed by atoms with Gasteiger partial charge in [-0.1, -0.05) is 41.9 Å². The van der Waals surface area contributed by atoms with E-state index in [0.717, 1.165) is 94.0 Å². The number of carbonyl (C=O) groups is 1. The van der Waals surface area contributed by atoms with Crippen molar-refractivity contribution >= 4 is 45.1 Å². The van der Waals surface area contributed by atoms with Crippen molar-refractivity contribution in [1.82, 2.24) is 28.7 Å². The van der Waals surface area contributed by atoms with Crippen molar-refractivity contribution in [1.29, 1.82) is 0 Å². The Labute approximate surface area is 499 Å². The number of carboxylic acids is 1. The zero-order valence-electron chi connectivity index (χ0n) is 46.9. The van der Waals surface area contributed by atoms with Crippen LogP contribution in [-0.2, 0) is 70.4 Å². The van der Waals surface area contributed by atoms with Crippen LogP contribution >= 0.6 is 27.5 Å². The van der Waals surface area contributed by atoms with E-state index in [0.29, 0.717) is 48.2 Å². The van der Waals surface area contributed by atoms with Crippen molar-refractivity contribution in [2.24, 2.45) is 29.2 Å². The molecule has 8 atom stereocenters. The second-order valence-electron chi connectivity index (χ2n) is 21.7. The summed E-state index contributed by atoms with van der Waals surface area (Å²) in [6.07, 6.45) is 30.0. The van der Waals surface area contributed by atoms with E-state index in [1.54, 1.807) is 33.9 Å². The van der Waals surface area contributed by atoms with E-state index in [1.807, 2.05) is 32.0 Å². The number of aromatic nitrogens is 6. The molecule has 0 saturated heterocycles. The number of nitrogens with one attached hydrogen (secondary N) is 2. The van der Waals surface area contributed by atoms with E-state index in [-0.39, 0.29) is 86.4 Å². The first-order chi connectivity index (χ1) is 37.8. The van der Waals surface area contributed by atoms with Gasteiger partial charge in [0, 0.05) is 90.2 Å². The number of anilines is 2. The number of benzene rings is 1. The summed E-state index contributed by atoms with van der Waals surface area (Å²) >= 11 is 8.91. The number of rotatable bonds is 20. The molecule has 3 heterocycles. The topological polar surface area (TPSA) is 255 Å². The van der Waals surface area contributed by atoms with Crippen LogP contribution in [0.25, 0.3) is 0 Å².